The number of amides is 1. The Kier molecular flexibility index (Phi) is 5.41. The third kappa shape index (κ3) is 3.32. The Hall–Kier alpha value is -0.650. The molecule has 1 saturated heterocycles. The molecule has 0 spiro atoms. The molecule has 1 aliphatic heterocycles. The Bertz CT molecular complexity index is 321. The van der Waals surface area contributed by atoms with Crippen LogP contribution in [0.1, 0.15) is 39.5 Å². The molecule has 2 N–H and O–H groups in total. The van der Waals surface area contributed by atoms with Crippen molar-refractivity contribution in [3.63, 3.8) is 0 Å². The van der Waals surface area contributed by atoms with E-state index in [0.29, 0.717) is 12.6 Å². The summed E-state index contributed by atoms with van der Waals surface area (Å²) in [4.78, 5) is 17.2. The summed E-state index contributed by atoms with van der Waals surface area (Å²) >= 11 is 0. The van der Waals surface area contributed by atoms with E-state index in [1.54, 1.807) is 0 Å². The van der Waals surface area contributed by atoms with E-state index in [-0.39, 0.29) is 12.5 Å². The predicted molar refractivity (Wildman–Crippen MR) is 79.6 cm³/mol. The average Bonchev–Trinajstić information content (AvgIpc) is 2.99. The molecule has 20 heavy (non-hydrogen) atoms. The van der Waals surface area contributed by atoms with Crippen LogP contribution >= 0.6 is 0 Å². The lowest BCUT2D eigenvalue weighted by molar-refractivity contribution is -0.146. The van der Waals surface area contributed by atoms with Gasteiger partial charge in [-0.1, -0.05) is 12.8 Å². The second-order valence-electron chi connectivity index (χ2n) is 6.46. The summed E-state index contributed by atoms with van der Waals surface area (Å²) in [5.41, 5.74) is -0.472. The Morgan fingerprint density at radius 3 is 2.45 bits per heavy atom. The standard InChI is InChI=1S/C15H29N3O2/c1-15(2,17-9-7-16-8-10-17)14(20)18(11-12-19)13-5-3-4-6-13/h13,16,19H,3-12H2,1-2H3. The zero-order valence-corrected chi connectivity index (χ0v) is 12.9. The van der Waals surface area contributed by atoms with Gasteiger partial charge in [0.1, 0.15) is 0 Å². The number of rotatable bonds is 5. The van der Waals surface area contributed by atoms with Gasteiger partial charge in [-0.3, -0.25) is 9.69 Å². The number of aliphatic hydroxyl groups excluding tert-OH is 1. The molecule has 0 atom stereocenters. The van der Waals surface area contributed by atoms with E-state index >= 15 is 0 Å². The first-order valence-electron chi connectivity index (χ1n) is 7.95. The molecule has 1 aliphatic carbocycles. The second-order valence-corrected chi connectivity index (χ2v) is 6.46. The Morgan fingerprint density at radius 1 is 1.30 bits per heavy atom. The van der Waals surface area contributed by atoms with E-state index in [2.05, 4.69) is 10.2 Å². The van der Waals surface area contributed by atoms with E-state index in [1.165, 1.54) is 12.8 Å². The maximum atomic E-state index is 13.0. The molecule has 0 unspecified atom stereocenters. The Morgan fingerprint density at radius 2 is 1.90 bits per heavy atom. The summed E-state index contributed by atoms with van der Waals surface area (Å²) in [5.74, 6) is 0.181. The summed E-state index contributed by atoms with van der Waals surface area (Å²) in [6.07, 6.45) is 4.58. The van der Waals surface area contributed by atoms with Gasteiger partial charge < -0.3 is 15.3 Å². The lowest BCUT2D eigenvalue weighted by atomic mass is 9.98. The van der Waals surface area contributed by atoms with Gasteiger partial charge in [0.05, 0.1) is 12.1 Å². The lowest BCUT2D eigenvalue weighted by Crippen LogP contribution is -2.62. The highest BCUT2D eigenvalue weighted by molar-refractivity contribution is 5.86. The minimum absolute atomic E-state index is 0.0554. The van der Waals surface area contributed by atoms with Gasteiger partial charge >= 0.3 is 0 Å². The fourth-order valence-corrected chi connectivity index (χ4v) is 3.48. The van der Waals surface area contributed by atoms with Crippen LogP contribution in [-0.4, -0.2) is 71.7 Å². The van der Waals surface area contributed by atoms with Crippen molar-refractivity contribution in [3.05, 3.63) is 0 Å². The lowest BCUT2D eigenvalue weighted by Gasteiger charge is -2.43. The molecular weight excluding hydrogens is 254 g/mol. The monoisotopic (exact) mass is 283 g/mol. The molecule has 5 heteroatoms. The minimum atomic E-state index is -0.472. The molecule has 1 heterocycles. The molecule has 1 amide bonds. The van der Waals surface area contributed by atoms with Crippen molar-refractivity contribution < 1.29 is 9.90 Å². The van der Waals surface area contributed by atoms with Crippen LogP contribution in [0.25, 0.3) is 0 Å². The number of carbonyl (C=O) groups excluding carboxylic acids is 1. The van der Waals surface area contributed by atoms with Gasteiger partial charge in [0.25, 0.3) is 0 Å². The van der Waals surface area contributed by atoms with Crippen LogP contribution in [0.2, 0.25) is 0 Å². The topological polar surface area (TPSA) is 55.8 Å². The average molecular weight is 283 g/mol. The molecule has 2 rings (SSSR count). The van der Waals surface area contributed by atoms with Crippen LogP contribution < -0.4 is 5.32 Å². The van der Waals surface area contributed by atoms with Gasteiger partial charge in [-0.15, -0.1) is 0 Å². The summed E-state index contributed by atoms with van der Waals surface area (Å²) in [6, 6.07) is 0.330. The normalized spacial score (nSPS) is 22.1. The van der Waals surface area contributed by atoms with Crippen molar-refractivity contribution >= 4 is 5.91 Å². The molecule has 0 bridgehead atoms. The molecular formula is C15H29N3O2. The van der Waals surface area contributed by atoms with Gasteiger partial charge in [-0.25, -0.2) is 0 Å². The van der Waals surface area contributed by atoms with Crippen molar-refractivity contribution in [1.82, 2.24) is 15.1 Å². The molecule has 0 aromatic rings. The zero-order valence-electron chi connectivity index (χ0n) is 12.9. The number of hydrogen-bond donors (Lipinski definition) is 2. The smallest absolute Gasteiger partial charge is 0.242 e. The number of nitrogens with zero attached hydrogens (tertiary/aromatic N) is 2. The molecule has 2 fully saturated rings. The number of piperazine rings is 1. The molecule has 0 aromatic heterocycles. The Labute approximate surface area is 122 Å². The summed E-state index contributed by atoms with van der Waals surface area (Å²) in [6.45, 7) is 8.30. The fourth-order valence-electron chi connectivity index (χ4n) is 3.48. The third-order valence-electron chi connectivity index (χ3n) is 4.80. The quantitative estimate of drug-likeness (QED) is 0.768. The molecule has 116 valence electrons. The molecule has 2 aliphatic rings. The Balaban J connectivity index is 2.07. The number of hydrogen-bond acceptors (Lipinski definition) is 4. The molecule has 5 nitrogen and oxygen atoms in total. The summed E-state index contributed by atoms with van der Waals surface area (Å²) in [7, 11) is 0. The van der Waals surface area contributed by atoms with Crippen LogP contribution in [0.3, 0.4) is 0 Å². The summed E-state index contributed by atoms with van der Waals surface area (Å²) < 4.78 is 0. The zero-order chi connectivity index (χ0) is 14.6. The van der Waals surface area contributed by atoms with E-state index in [0.717, 1.165) is 39.0 Å². The maximum absolute atomic E-state index is 13.0. The van der Waals surface area contributed by atoms with Crippen molar-refractivity contribution in [2.24, 2.45) is 0 Å². The first kappa shape index (κ1) is 15.7. The highest BCUT2D eigenvalue weighted by atomic mass is 16.3. The van der Waals surface area contributed by atoms with E-state index < -0.39 is 5.54 Å². The molecule has 0 aromatic carbocycles. The van der Waals surface area contributed by atoms with E-state index in [9.17, 15) is 9.90 Å². The van der Waals surface area contributed by atoms with Crippen molar-refractivity contribution in [2.75, 3.05) is 39.3 Å². The van der Waals surface area contributed by atoms with Crippen LogP contribution in [0.4, 0.5) is 0 Å². The van der Waals surface area contributed by atoms with Gasteiger partial charge in [-0.05, 0) is 26.7 Å². The van der Waals surface area contributed by atoms with Crippen molar-refractivity contribution in [3.8, 4) is 0 Å². The van der Waals surface area contributed by atoms with Crippen LogP contribution in [0, 0.1) is 0 Å². The highest BCUT2D eigenvalue weighted by Crippen LogP contribution is 2.27. The first-order valence-corrected chi connectivity index (χ1v) is 7.95. The molecule has 1 saturated carbocycles. The predicted octanol–water partition coefficient (Wildman–Crippen LogP) is 0.434. The summed E-state index contributed by atoms with van der Waals surface area (Å²) in [5, 5.41) is 12.6. The maximum Gasteiger partial charge on any atom is 0.242 e. The fraction of sp³-hybridized carbons (Fsp3) is 0.933. The van der Waals surface area contributed by atoms with Gasteiger partial charge in [-0.2, -0.15) is 0 Å². The van der Waals surface area contributed by atoms with Crippen LogP contribution in [0.15, 0.2) is 0 Å². The number of aliphatic hydroxyl groups is 1. The van der Waals surface area contributed by atoms with Gasteiger partial charge in [0.15, 0.2) is 0 Å². The van der Waals surface area contributed by atoms with Gasteiger partial charge in [0.2, 0.25) is 5.91 Å². The van der Waals surface area contributed by atoms with Crippen LogP contribution in [-0.2, 0) is 4.79 Å². The second kappa shape index (κ2) is 6.87. The largest absolute Gasteiger partial charge is 0.395 e. The van der Waals surface area contributed by atoms with E-state index in [4.69, 9.17) is 0 Å². The van der Waals surface area contributed by atoms with Gasteiger partial charge in [0, 0.05) is 38.8 Å². The minimum Gasteiger partial charge on any atom is -0.395 e. The van der Waals surface area contributed by atoms with Crippen molar-refractivity contribution in [2.45, 2.75) is 51.1 Å². The number of carbonyl (C=O) groups is 1. The first-order chi connectivity index (χ1) is 9.57. The third-order valence-corrected chi connectivity index (χ3v) is 4.80. The molecule has 0 radical (unpaired) electrons. The van der Waals surface area contributed by atoms with Crippen molar-refractivity contribution in [1.29, 1.82) is 0 Å². The SMILES string of the molecule is CC(C)(C(=O)N(CCO)C1CCCC1)N1CCNCC1. The number of nitrogens with one attached hydrogen (secondary N) is 1. The van der Waals surface area contributed by atoms with E-state index in [1.807, 2.05) is 18.7 Å². The highest BCUT2D eigenvalue weighted by Gasteiger charge is 2.40. The van der Waals surface area contributed by atoms with Crippen LogP contribution in [0.5, 0.6) is 0 Å².